The van der Waals surface area contributed by atoms with Crippen molar-refractivity contribution in [2.75, 3.05) is 0 Å². The lowest BCUT2D eigenvalue weighted by atomic mass is 10.1. The molecule has 0 atom stereocenters. The van der Waals surface area contributed by atoms with E-state index in [-0.39, 0.29) is 6.07 Å². The fourth-order valence-corrected chi connectivity index (χ4v) is 1.21. The van der Waals surface area contributed by atoms with Crippen LogP contribution in [0.25, 0.3) is 0 Å². The van der Waals surface area contributed by atoms with E-state index in [9.17, 15) is 32.1 Å². The third kappa shape index (κ3) is 2.66. The topological polar surface area (TPSA) is 56.0 Å². The van der Waals surface area contributed by atoms with Gasteiger partial charge in [0, 0.05) is 6.07 Å². The molecule has 0 radical (unpaired) electrons. The van der Waals surface area contributed by atoms with Crippen molar-refractivity contribution < 1.29 is 26.9 Å². The minimum Gasteiger partial charge on any atom is -0.258 e. The summed E-state index contributed by atoms with van der Waals surface area (Å²) in [7, 11) is 0. The van der Waals surface area contributed by atoms with Gasteiger partial charge in [0.15, 0.2) is 5.69 Å². The molecule has 0 spiro atoms. The first-order chi connectivity index (χ1) is 7.64. The number of rotatable bonds is 2. The van der Waals surface area contributed by atoms with Gasteiger partial charge in [-0.25, -0.2) is 13.8 Å². The highest BCUT2D eigenvalue weighted by Crippen LogP contribution is 2.36. The predicted octanol–water partition coefficient (Wildman–Crippen LogP) is 3.25. The molecule has 0 fully saturated rings. The molecule has 0 aliphatic heterocycles. The predicted molar refractivity (Wildman–Crippen MR) is 45.6 cm³/mol. The number of pyridine rings is 1. The maximum atomic E-state index is 12.4. The first-order valence-corrected chi connectivity index (χ1v) is 4.16. The SMILES string of the molecule is Cc1nc(C(F)F)c([N+](=O)[O-])cc1C(F)(F)F. The molecule has 9 heteroatoms. The van der Waals surface area contributed by atoms with Crippen LogP contribution in [-0.2, 0) is 6.18 Å². The number of alkyl halides is 5. The average molecular weight is 256 g/mol. The number of hydrogen-bond donors (Lipinski definition) is 0. The Kier molecular flexibility index (Phi) is 3.30. The van der Waals surface area contributed by atoms with E-state index in [1.807, 2.05) is 0 Å². The third-order valence-electron chi connectivity index (χ3n) is 1.93. The summed E-state index contributed by atoms with van der Waals surface area (Å²) in [6, 6.07) is 0.0732. The molecule has 0 aliphatic rings. The summed E-state index contributed by atoms with van der Waals surface area (Å²) in [6.45, 7) is 0.860. The molecule has 0 saturated heterocycles. The van der Waals surface area contributed by atoms with Crippen LogP contribution >= 0.6 is 0 Å². The number of halogens is 5. The second kappa shape index (κ2) is 4.22. The van der Waals surface area contributed by atoms with Crippen molar-refractivity contribution in [1.82, 2.24) is 4.98 Å². The van der Waals surface area contributed by atoms with Crippen molar-refractivity contribution in [2.45, 2.75) is 19.5 Å². The molecule has 0 saturated carbocycles. The van der Waals surface area contributed by atoms with Crippen molar-refractivity contribution in [2.24, 2.45) is 0 Å². The lowest BCUT2D eigenvalue weighted by Crippen LogP contribution is -2.12. The molecule has 0 aliphatic carbocycles. The summed E-state index contributed by atoms with van der Waals surface area (Å²) in [5, 5.41) is 10.4. The highest BCUT2D eigenvalue weighted by Gasteiger charge is 2.37. The molecule has 94 valence electrons. The van der Waals surface area contributed by atoms with E-state index >= 15 is 0 Å². The van der Waals surface area contributed by atoms with Gasteiger partial charge >= 0.3 is 6.18 Å². The van der Waals surface area contributed by atoms with Crippen molar-refractivity contribution in [3.05, 3.63) is 33.1 Å². The summed E-state index contributed by atoms with van der Waals surface area (Å²) in [5.74, 6) is 0. The standard InChI is InChI=1S/C8H5F5N2O2/c1-3-4(8(11,12)13)2-5(15(16)17)6(14-3)7(9)10/h2,7H,1H3. The van der Waals surface area contributed by atoms with Crippen LogP contribution in [0.1, 0.15) is 23.4 Å². The highest BCUT2D eigenvalue weighted by atomic mass is 19.4. The van der Waals surface area contributed by atoms with E-state index in [2.05, 4.69) is 4.98 Å². The summed E-state index contributed by atoms with van der Waals surface area (Å²) in [6.07, 6.45) is -8.18. The Balaban J connectivity index is 3.51. The first-order valence-electron chi connectivity index (χ1n) is 4.16. The Morgan fingerprint density at radius 3 is 2.29 bits per heavy atom. The van der Waals surface area contributed by atoms with Gasteiger partial charge in [-0.15, -0.1) is 0 Å². The molecule has 0 aromatic carbocycles. The molecular weight excluding hydrogens is 251 g/mol. The molecule has 17 heavy (non-hydrogen) atoms. The maximum Gasteiger partial charge on any atom is 0.418 e. The Morgan fingerprint density at radius 2 is 1.94 bits per heavy atom. The second-order valence-electron chi connectivity index (χ2n) is 3.08. The van der Waals surface area contributed by atoms with Crippen LogP contribution < -0.4 is 0 Å². The number of hydrogen-bond acceptors (Lipinski definition) is 3. The zero-order valence-electron chi connectivity index (χ0n) is 8.26. The lowest BCUT2D eigenvalue weighted by molar-refractivity contribution is -0.386. The van der Waals surface area contributed by atoms with Crippen LogP contribution in [0.5, 0.6) is 0 Å². The minimum atomic E-state index is -4.87. The number of aromatic nitrogens is 1. The van der Waals surface area contributed by atoms with Crippen molar-refractivity contribution >= 4 is 5.69 Å². The van der Waals surface area contributed by atoms with E-state index in [1.165, 1.54) is 0 Å². The van der Waals surface area contributed by atoms with Crippen LogP contribution in [0.2, 0.25) is 0 Å². The molecule has 1 aromatic heterocycles. The van der Waals surface area contributed by atoms with Gasteiger partial charge in [-0.1, -0.05) is 0 Å². The van der Waals surface area contributed by atoms with Crippen LogP contribution in [0.3, 0.4) is 0 Å². The van der Waals surface area contributed by atoms with E-state index in [0.717, 1.165) is 6.92 Å². The average Bonchev–Trinajstić information content (AvgIpc) is 2.14. The number of nitrogens with zero attached hydrogens (tertiary/aromatic N) is 2. The minimum absolute atomic E-state index is 0.0732. The van der Waals surface area contributed by atoms with Crippen molar-refractivity contribution in [3.63, 3.8) is 0 Å². The summed E-state index contributed by atoms with van der Waals surface area (Å²) >= 11 is 0. The Hall–Kier alpha value is -1.80. The summed E-state index contributed by atoms with van der Waals surface area (Å²) < 4.78 is 61.8. The van der Waals surface area contributed by atoms with Crippen LogP contribution in [0.4, 0.5) is 27.6 Å². The molecule has 0 unspecified atom stereocenters. The lowest BCUT2D eigenvalue weighted by Gasteiger charge is -2.10. The van der Waals surface area contributed by atoms with E-state index in [0.29, 0.717) is 0 Å². The Bertz CT molecular complexity index is 458. The summed E-state index contributed by atoms with van der Waals surface area (Å²) in [4.78, 5) is 12.0. The molecule has 1 rings (SSSR count). The fraction of sp³-hybridized carbons (Fsp3) is 0.375. The van der Waals surface area contributed by atoms with Crippen molar-refractivity contribution in [3.8, 4) is 0 Å². The van der Waals surface area contributed by atoms with Gasteiger partial charge in [0.25, 0.3) is 12.1 Å². The smallest absolute Gasteiger partial charge is 0.258 e. The number of aryl methyl sites for hydroxylation is 1. The normalized spacial score (nSPS) is 11.9. The quantitative estimate of drug-likeness (QED) is 0.463. The Labute approximate surface area is 91.2 Å². The van der Waals surface area contributed by atoms with Gasteiger partial charge in [-0.2, -0.15) is 13.2 Å². The molecule has 0 bridgehead atoms. The van der Waals surface area contributed by atoms with E-state index in [4.69, 9.17) is 0 Å². The highest BCUT2D eigenvalue weighted by molar-refractivity contribution is 5.42. The maximum absolute atomic E-state index is 12.4. The van der Waals surface area contributed by atoms with Gasteiger partial charge in [-0.05, 0) is 6.92 Å². The molecule has 4 nitrogen and oxygen atoms in total. The van der Waals surface area contributed by atoms with Gasteiger partial charge in [0.05, 0.1) is 16.2 Å². The molecule has 1 heterocycles. The molecule has 0 N–H and O–H groups in total. The zero-order valence-corrected chi connectivity index (χ0v) is 8.26. The fourth-order valence-electron chi connectivity index (χ4n) is 1.21. The van der Waals surface area contributed by atoms with E-state index in [1.54, 1.807) is 0 Å². The Morgan fingerprint density at radius 1 is 1.41 bits per heavy atom. The van der Waals surface area contributed by atoms with Crippen LogP contribution in [-0.4, -0.2) is 9.91 Å². The second-order valence-corrected chi connectivity index (χ2v) is 3.08. The first kappa shape index (κ1) is 13.3. The zero-order chi connectivity index (χ0) is 13.4. The van der Waals surface area contributed by atoms with Crippen LogP contribution in [0.15, 0.2) is 6.07 Å². The molecular formula is C8H5F5N2O2. The van der Waals surface area contributed by atoms with Crippen molar-refractivity contribution in [1.29, 1.82) is 0 Å². The summed E-state index contributed by atoms with van der Waals surface area (Å²) in [5.41, 5.74) is -4.72. The monoisotopic (exact) mass is 256 g/mol. The number of nitro groups is 1. The van der Waals surface area contributed by atoms with Gasteiger partial charge in [-0.3, -0.25) is 10.1 Å². The van der Waals surface area contributed by atoms with Gasteiger partial charge in [0.2, 0.25) is 0 Å². The largest absolute Gasteiger partial charge is 0.418 e. The van der Waals surface area contributed by atoms with Gasteiger partial charge in [0.1, 0.15) is 0 Å². The molecule has 0 amide bonds. The van der Waals surface area contributed by atoms with Crippen LogP contribution in [0, 0.1) is 17.0 Å². The van der Waals surface area contributed by atoms with E-state index < -0.39 is 40.2 Å². The van der Waals surface area contributed by atoms with Gasteiger partial charge < -0.3 is 0 Å². The third-order valence-corrected chi connectivity index (χ3v) is 1.93. The molecule has 1 aromatic rings.